The fourth-order valence-electron chi connectivity index (χ4n) is 2.40. The van der Waals surface area contributed by atoms with Crippen LogP contribution in [0.5, 0.6) is 0 Å². The predicted octanol–water partition coefficient (Wildman–Crippen LogP) is 1.72. The molecule has 1 aromatic carbocycles. The van der Waals surface area contributed by atoms with Gasteiger partial charge in [-0.1, -0.05) is 30.7 Å². The van der Waals surface area contributed by atoms with Crippen LogP contribution in [0.25, 0.3) is 0 Å². The Balaban J connectivity index is 1.79. The molecular formula is C15H21ClN2O2. The minimum Gasteiger partial charge on any atom is -0.378 e. The van der Waals surface area contributed by atoms with Crippen molar-refractivity contribution in [3.63, 3.8) is 0 Å². The summed E-state index contributed by atoms with van der Waals surface area (Å²) in [5, 5.41) is 3.71. The number of benzene rings is 1. The number of likely N-dealkylation sites (N-methyl/N-ethyl adjacent to an activating group) is 1. The van der Waals surface area contributed by atoms with Crippen LogP contribution in [0.2, 0.25) is 5.02 Å². The van der Waals surface area contributed by atoms with Crippen molar-refractivity contribution in [1.29, 1.82) is 0 Å². The number of amides is 1. The first-order valence-corrected chi connectivity index (χ1v) is 7.42. The Morgan fingerprint density at radius 1 is 1.55 bits per heavy atom. The number of hydrogen-bond acceptors (Lipinski definition) is 3. The van der Waals surface area contributed by atoms with Gasteiger partial charge in [0.15, 0.2) is 0 Å². The van der Waals surface area contributed by atoms with E-state index >= 15 is 0 Å². The van der Waals surface area contributed by atoms with Gasteiger partial charge in [-0.2, -0.15) is 0 Å². The molecule has 1 amide bonds. The first-order chi connectivity index (χ1) is 9.70. The maximum absolute atomic E-state index is 12.2. The predicted molar refractivity (Wildman–Crippen MR) is 80.0 cm³/mol. The van der Waals surface area contributed by atoms with E-state index in [0.29, 0.717) is 19.8 Å². The highest BCUT2D eigenvalue weighted by Gasteiger charge is 2.27. The minimum absolute atomic E-state index is 0.0496. The Morgan fingerprint density at radius 3 is 3.15 bits per heavy atom. The summed E-state index contributed by atoms with van der Waals surface area (Å²) in [5.41, 5.74) is 1.13. The second kappa shape index (κ2) is 7.62. The zero-order valence-electron chi connectivity index (χ0n) is 11.8. The number of nitrogens with zero attached hydrogens (tertiary/aromatic N) is 1. The van der Waals surface area contributed by atoms with Crippen LogP contribution in [0, 0.1) is 0 Å². The molecule has 0 bridgehead atoms. The summed E-state index contributed by atoms with van der Waals surface area (Å²) in [6, 6.07) is 7.55. The van der Waals surface area contributed by atoms with Crippen LogP contribution < -0.4 is 5.32 Å². The van der Waals surface area contributed by atoms with Gasteiger partial charge in [-0.3, -0.25) is 9.69 Å². The summed E-state index contributed by atoms with van der Waals surface area (Å²) in [6.45, 7) is 5.57. The molecule has 1 aliphatic rings. The molecule has 0 unspecified atom stereocenters. The molecule has 1 N–H and O–H groups in total. The molecule has 0 spiro atoms. The fraction of sp³-hybridized carbons (Fsp3) is 0.533. The summed E-state index contributed by atoms with van der Waals surface area (Å²) in [7, 11) is 0. The Bertz CT molecular complexity index is 453. The quantitative estimate of drug-likeness (QED) is 0.899. The summed E-state index contributed by atoms with van der Waals surface area (Å²) >= 11 is 5.94. The van der Waals surface area contributed by atoms with E-state index in [9.17, 15) is 4.79 Å². The number of morpholine rings is 1. The zero-order chi connectivity index (χ0) is 14.4. The molecule has 1 aliphatic heterocycles. The van der Waals surface area contributed by atoms with Crippen LogP contribution in [-0.4, -0.2) is 49.7 Å². The third kappa shape index (κ3) is 4.20. The van der Waals surface area contributed by atoms with Gasteiger partial charge in [0.2, 0.25) is 5.91 Å². The number of hydrogen-bond donors (Lipinski definition) is 1. The Hall–Kier alpha value is -1.10. The molecule has 1 aromatic rings. The third-order valence-corrected chi connectivity index (χ3v) is 3.79. The molecule has 1 saturated heterocycles. The topological polar surface area (TPSA) is 41.6 Å². The van der Waals surface area contributed by atoms with Crippen molar-refractivity contribution in [2.75, 3.05) is 32.8 Å². The number of ether oxygens (including phenoxy) is 1. The molecule has 1 atom stereocenters. The van der Waals surface area contributed by atoms with Crippen LogP contribution in [0.3, 0.4) is 0 Å². The highest BCUT2D eigenvalue weighted by molar-refractivity contribution is 6.30. The Labute approximate surface area is 125 Å². The molecule has 20 heavy (non-hydrogen) atoms. The molecule has 0 aromatic heterocycles. The lowest BCUT2D eigenvalue weighted by atomic mass is 10.1. The molecular weight excluding hydrogens is 276 g/mol. The lowest BCUT2D eigenvalue weighted by Gasteiger charge is -2.33. The normalized spacial score (nSPS) is 19.8. The van der Waals surface area contributed by atoms with Crippen molar-refractivity contribution in [2.24, 2.45) is 0 Å². The Morgan fingerprint density at radius 2 is 2.40 bits per heavy atom. The van der Waals surface area contributed by atoms with E-state index in [-0.39, 0.29) is 11.9 Å². The van der Waals surface area contributed by atoms with Crippen LogP contribution in [0.4, 0.5) is 0 Å². The summed E-state index contributed by atoms with van der Waals surface area (Å²) in [5.74, 6) is 0.0496. The van der Waals surface area contributed by atoms with Gasteiger partial charge < -0.3 is 10.1 Å². The number of carbonyl (C=O) groups excluding carboxylic acids is 1. The third-order valence-electron chi connectivity index (χ3n) is 3.55. The van der Waals surface area contributed by atoms with Gasteiger partial charge >= 0.3 is 0 Å². The second-order valence-corrected chi connectivity index (χ2v) is 5.33. The average Bonchev–Trinajstić information content (AvgIpc) is 2.47. The summed E-state index contributed by atoms with van der Waals surface area (Å²) in [6.07, 6.45) is 0.784. The lowest BCUT2D eigenvalue weighted by Crippen LogP contribution is -2.53. The van der Waals surface area contributed by atoms with Crippen LogP contribution in [0.15, 0.2) is 24.3 Å². The second-order valence-electron chi connectivity index (χ2n) is 4.89. The van der Waals surface area contributed by atoms with Crippen molar-refractivity contribution < 1.29 is 9.53 Å². The highest BCUT2D eigenvalue weighted by atomic mass is 35.5. The summed E-state index contributed by atoms with van der Waals surface area (Å²) < 4.78 is 5.40. The maximum Gasteiger partial charge on any atom is 0.239 e. The van der Waals surface area contributed by atoms with Gasteiger partial charge in [0, 0.05) is 18.1 Å². The maximum atomic E-state index is 12.2. The zero-order valence-corrected chi connectivity index (χ0v) is 12.5. The first kappa shape index (κ1) is 15.3. The molecule has 1 heterocycles. The van der Waals surface area contributed by atoms with Crippen LogP contribution in [0.1, 0.15) is 12.5 Å². The smallest absolute Gasteiger partial charge is 0.239 e. The van der Waals surface area contributed by atoms with E-state index in [4.69, 9.17) is 16.3 Å². The van der Waals surface area contributed by atoms with Crippen molar-refractivity contribution >= 4 is 17.5 Å². The molecule has 0 aliphatic carbocycles. The van der Waals surface area contributed by atoms with E-state index in [1.165, 1.54) is 0 Å². The summed E-state index contributed by atoms with van der Waals surface area (Å²) in [4.78, 5) is 14.3. The molecule has 0 radical (unpaired) electrons. The minimum atomic E-state index is -0.159. The molecule has 4 nitrogen and oxygen atoms in total. The number of nitrogens with one attached hydrogen (secondary N) is 1. The van der Waals surface area contributed by atoms with E-state index in [1.54, 1.807) is 0 Å². The van der Waals surface area contributed by atoms with E-state index in [0.717, 1.165) is 30.1 Å². The van der Waals surface area contributed by atoms with E-state index in [1.807, 2.05) is 24.3 Å². The average molecular weight is 297 g/mol. The molecule has 2 rings (SSSR count). The largest absolute Gasteiger partial charge is 0.378 e. The fourth-order valence-corrected chi connectivity index (χ4v) is 2.61. The van der Waals surface area contributed by atoms with Gasteiger partial charge in [0.25, 0.3) is 0 Å². The SMILES string of the molecule is CCN1CCOC[C@@H]1C(=O)NCCc1cccc(Cl)c1. The number of halogens is 1. The highest BCUT2D eigenvalue weighted by Crippen LogP contribution is 2.11. The standard InChI is InChI=1S/C15H21ClN2O2/c1-2-18-8-9-20-11-14(18)15(19)17-7-6-12-4-3-5-13(16)10-12/h3-5,10,14H,2,6-9,11H2,1H3,(H,17,19)/t14-/m1/s1. The van der Waals surface area contributed by atoms with E-state index < -0.39 is 0 Å². The van der Waals surface area contributed by atoms with Gasteiger partial charge in [0.05, 0.1) is 13.2 Å². The number of rotatable bonds is 5. The number of carbonyl (C=O) groups is 1. The first-order valence-electron chi connectivity index (χ1n) is 7.04. The molecule has 110 valence electrons. The molecule has 1 fully saturated rings. The Kier molecular flexibility index (Phi) is 5.83. The van der Waals surface area contributed by atoms with Gasteiger partial charge in [0.1, 0.15) is 6.04 Å². The van der Waals surface area contributed by atoms with Gasteiger partial charge in [-0.05, 0) is 30.7 Å². The van der Waals surface area contributed by atoms with E-state index in [2.05, 4.69) is 17.1 Å². The molecule has 5 heteroatoms. The van der Waals surface area contributed by atoms with Gasteiger partial charge in [-0.25, -0.2) is 0 Å². The van der Waals surface area contributed by atoms with Gasteiger partial charge in [-0.15, -0.1) is 0 Å². The van der Waals surface area contributed by atoms with Crippen molar-refractivity contribution in [2.45, 2.75) is 19.4 Å². The van der Waals surface area contributed by atoms with Crippen LogP contribution in [-0.2, 0) is 16.0 Å². The van der Waals surface area contributed by atoms with Crippen LogP contribution >= 0.6 is 11.6 Å². The lowest BCUT2D eigenvalue weighted by molar-refractivity contribution is -0.132. The van der Waals surface area contributed by atoms with Crippen molar-refractivity contribution in [3.05, 3.63) is 34.9 Å². The van der Waals surface area contributed by atoms with Crippen molar-refractivity contribution in [3.8, 4) is 0 Å². The molecule has 0 saturated carbocycles. The van der Waals surface area contributed by atoms with Crippen molar-refractivity contribution in [1.82, 2.24) is 10.2 Å². The monoisotopic (exact) mass is 296 g/mol.